The van der Waals surface area contributed by atoms with Gasteiger partial charge in [-0.25, -0.2) is 0 Å². The van der Waals surface area contributed by atoms with Gasteiger partial charge in [0.2, 0.25) is 5.91 Å². The van der Waals surface area contributed by atoms with Crippen LogP contribution >= 0.6 is 0 Å². The molecular formula is C22H30N4O4. The molecule has 1 fully saturated rings. The molecule has 1 aromatic heterocycles. The van der Waals surface area contributed by atoms with Gasteiger partial charge in [-0.1, -0.05) is 12.1 Å². The Morgan fingerprint density at radius 3 is 2.60 bits per heavy atom. The minimum Gasteiger partial charge on any atom is -0.489 e. The molecule has 8 nitrogen and oxygen atoms in total. The number of benzene rings is 1. The first-order valence-corrected chi connectivity index (χ1v) is 10.2. The third-order valence-corrected chi connectivity index (χ3v) is 5.58. The predicted molar refractivity (Wildman–Crippen MR) is 112 cm³/mol. The lowest BCUT2D eigenvalue weighted by Gasteiger charge is -2.32. The second kappa shape index (κ2) is 9.75. The van der Waals surface area contributed by atoms with Crippen LogP contribution in [0.3, 0.4) is 0 Å². The molecule has 1 atom stereocenters. The summed E-state index contributed by atoms with van der Waals surface area (Å²) in [7, 11) is 3.40. The van der Waals surface area contributed by atoms with Crippen molar-refractivity contribution in [2.45, 2.75) is 38.8 Å². The third kappa shape index (κ3) is 4.99. The highest BCUT2D eigenvalue weighted by Crippen LogP contribution is 2.24. The van der Waals surface area contributed by atoms with E-state index < -0.39 is 0 Å². The maximum Gasteiger partial charge on any atom is 0.255 e. The zero-order valence-corrected chi connectivity index (χ0v) is 18.1. The molecular weight excluding hydrogens is 384 g/mol. The number of rotatable bonds is 7. The molecule has 2 heterocycles. The maximum atomic E-state index is 12.9. The fourth-order valence-electron chi connectivity index (χ4n) is 3.67. The van der Waals surface area contributed by atoms with Crippen molar-refractivity contribution >= 4 is 11.8 Å². The zero-order chi connectivity index (χ0) is 21.7. The normalized spacial score (nSPS) is 15.7. The van der Waals surface area contributed by atoms with E-state index >= 15 is 0 Å². The molecule has 2 amide bonds. The SMILES string of the molecule is COCC(=O)N1CCC(Oc2ccccc2C(=O)NC(C)c2cnn(C)c2C)CC1. The van der Waals surface area contributed by atoms with E-state index in [0.717, 1.165) is 24.1 Å². The first-order valence-electron chi connectivity index (χ1n) is 10.2. The summed E-state index contributed by atoms with van der Waals surface area (Å²) < 4.78 is 12.9. The number of nitrogens with zero attached hydrogens (tertiary/aromatic N) is 3. The van der Waals surface area contributed by atoms with E-state index in [2.05, 4.69) is 10.4 Å². The second-order valence-electron chi connectivity index (χ2n) is 7.63. The molecule has 0 aliphatic carbocycles. The number of aryl methyl sites for hydroxylation is 1. The summed E-state index contributed by atoms with van der Waals surface area (Å²) in [6.07, 6.45) is 3.18. The van der Waals surface area contributed by atoms with Crippen molar-refractivity contribution in [1.82, 2.24) is 20.0 Å². The van der Waals surface area contributed by atoms with Crippen LogP contribution in [-0.4, -0.2) is 59.4 Å². The highest BCUT2D eigenvalue weighted by atomic mass is 16.5. The first-order chi connectivity index (χ1) is 14.4. The lowest BCUT2D eigenvalue weighted by atomic mass is 10.1. The highest BCUT2D eigenvalue weighted by molar-refractivity contribution is 5.97. The van der Waals surface area contributed by atoms with E-state index in [1.807, 2.05) is 39.1 Å². The Hall–Kier alpha value is -2.87. The Balaban J connectivity index is 1.63. The summed E-state index contributed by atoms with van der Waals surface area (Å²) in [4.78, 5) is 26.7. The Bertz CT molecular complexity index is 887. The van der Waals surface area contributed by atoms with Gasteiger partial charge in [0.1, 0.15) is 18.5 Å². The summed E-state index contributed by atoms with van der Waals surface area (Å²) in [5, 5.41) is 7.29. The van der Waals surface area contributed by atoms with Crippen molar-refractivity contribution in [3.63, 3.8) is 0 Å². The molecule has 3 rings (SSSR count). The number of likely N-dealkylation sites (tertiary alicyclic amines) is 1. The number of ether oxygens (including phenoxy) is 2. The third-order valence-electron chi connectivity index (χ3n) is 5.58. The quantitative estimate of drug-likeness (QED) is 0.751. The van der Waals surface area contributed by atoms with Gasteiger partial charge >= 0.3 is 0 Å². The zero-order valence-electron chi connectivity index (χ0n) is 18.1. The molecule has 1 unspecified atom stereocenters. The number of aromatic nitrogens is 2. The van der Waals surface area contributed by atoms with Crippen molar-refractivity contribution in [3.8, 4) is 5.75 Å². The number of hydrogen-bond donors (Lipinski definition) is 1. The van der Waals surface area contributed by atoms with Crippen molar-refractivity contribution in [1.29, 1.82) is 0 Å². The number of hydrogen-bond acceptors (Lipinski definition) is 5. The van der Waals surface area contributed by atoms with Crippen LogP contribution in [0.25, 0.3) is 0 Å². The van der Waals surface area contributed by atoms with Crippen molar-refractivity contribution in [2.24, 2.45) is 7.05 Å². The van der Waals surface area contributed by atoms with Crippen LogP contribution in [0.1, 0.15) is 47.4 Å². The minimum atomic E-state index is -0.186. The molecule has 0 saturated carbocycles. The number of carbonyl (C=O) groups excluding carboxylic acids is 2. The van der Waals surface area contributed by atoms with Gasteiger partial charge < -0.3 is 19.7 Å². The summed E-state index contributed by atoms with van der Waals surface area (Å²) in [6, 6.07) is 7.10. The molecule has 162 valence electrons. The van der Waals surface area contributed by atoms with Gasteiger partial charge in [0.25, 0.3) is 5.91 Å². The largest absolute Gasteiger partial charge is 0.489 e. The molecule has 0 radical (unpaired) electrons. The van der Waals surface area contributed by atoms with E-state index in [-0.39, 0.29) is 30.6 Å². The fourth-order valence-corrected chi connectivity index (χ4v) is 3.67. The predicted octanol–water partition coefficient (Wildman–Crippen LogP) is 2.24. The van der Waals surface area contributed by atoms with Crippen LogP contribution in [0, 0.1) is 6.92 Å². The number of nitrogens with one attached hydrogen (secondary N) is 1. The number of methoxy groups -OCH3 is 1. The average Bonchev–Trinajstić information content (AvgIpc) is 3.07. The van der Waals surface area contributed by atoms with Gasteiger partial charge in [0, 0.05) is 51.3 Å². The van der Waals surface area contributed by atoms with Crippen LogP contribution in [0.4, 0.5) is 0 Å². The smallest absolute Gasteiger partial charge is 0.255 e. The molecule has 8 heteroatoms. The molecule has 1 aromatic carbocycles. The molecule has 2 aromatic rings. The Morgan fingerprint density at radius 2 is 1.97 bits per heavy atom. The molecule has 30 heavy (non-hydrogen) atoms. The van der Waals surface area contributed by atoms with Gasteiger partial charge in [0.05, 0.1) is 17.8 Å². The van der Waals surface area contributed by atoms with Gasteiger partial charge in [-0.3, -0.25) is 14.3 Å². The lowest BCUT2D eigenvalue weighted by Crippen LogP contribution is -2.43. The number of amides is 2. The molecule has 0 spiro atoms. The van der Waals surface area contributed by atoms with Crippen LogP contribution in [0.2, 0.25) is 0 Å². The summed E-state index contributed by atoms with van der Waals surface area (Å²) in [5.41, 5.74) is 2.50. The van der Waals surface area contributed by atoms with Crippen molar-refractivity contribution < 1.29 is 19.1 Å². The first kappa shape index (κ1) is 21.8. The van der Waals surface area contributed by atoms with Gasteiger partial charge in [-0.2, -0.15) is 5.10 Å². The lowest BCUT2D eigenvalue weighted by molar-refractivity contribution is -0.136. The molecule has 1 saturated heterocycles. The Labute approximate surface area is 177 Å². The van der Waals surface area contributed by atoms with E-state index in [1.165, 1.54) is 7.11 Å². The van der Waals surface area contributed by atoms with Gasteiger partial charge in [-0.15, -0.1) is 0 Å². The van der Waals surface area contributed by atoms with Gasteiger partial charge in [0.15, 0.2) is 0 Å². The summed E-state index contributed by atoms with van der Waals surface area (Å²) in [5.74, 6) is 0.372. The van der Waals surface area contributed by atoms with E-state index in [4.69, 9.17) is 9.47 Å². The van der Waals surface area contributed by atoms with Crippen LogP contribution in [0.5, 0.6) is 5.75 Å². The maximum absolute atomic E-state index is 12.9. The van der Waals surface area contributed by atoms with Crippen LogP contribution in [-0.2, 0) is 16.6 Å². The standard InChI is InChI=1S/C22H30N4O4/c1-15(19-13-23-25(3)16(19)2)24-22(28)18-7-5-6-8-20(18)30-17-9-11-26(12-10-17)21(27)14-29-4/h5-8,13,15,17H,9-12,14H2,1-4H3,(H,24,28). The molecule has 0 bridgehead atoms. The highest BCUT2D eigenvalue weighted by Gasteiger charge is 2.25. The summed E-state index contributed by atoms with van der Waals surface area (Å²) in [6.45, 7) is 5.27. The fraction of sp³-hybridized carbons (Fsp3) is 0.500. The van der Waals surface area contributed by atoms with E-state index in [0.29, 0.717) is 24.4 Å². The summed E-state index contributed by atoms with van der Waals surface area (Å²) >= 11 is 0. The minimum absolute atomic E-state index is 0.00425. The number of carbonyl (C=O) groups is 2. The second-order valence-corrected chi connectivity index (χ2v) is 7.63. The number of piperidine rings is 1. The molecule has 1 aliphatic heterocycles. The Morgan fingerprint density at radius 1 is 1.27 bits per heavy atom. The molecule has 1 N–H and O–H groups in total. The van der Waals surface area contributed by atoms with E-state index in [9.17, 15) is 9.59 Å². The van der Waals surface area contributed by atoms with Crippen LogP contribution in [0.15, 0.2) is 30.5 Å². The topological polar surface area (TPSA) is 85.7 Å². The molecule has 1 aliphatic rings. The average molecular weight is 415 g/mol. The van der Waals surface area contributed by atoms with Crippen molar-refractivity contribution in [2.75, 3.05) is 26.8 Å². The van der Waals surface area contributed by atoms with Gasteiger partial charge in [-0.05, 0) is 26.0 Å². The van der Waals surface area contributed by atoms with Crippen LogP contribution < -0.4 is 10.1 Å². The Kier molecular flexibility index (Phi) is 7.10. The monoisotopic (exact) mass is 414 g/mol. The number of para-hydroxylation sites is 1. The van der Waals surface area contributed by atoms with Crippen molar-refractivity contribution in [3.05, 3.63) is 47.3 Å². The van der Waals surface area contributed by atoms with E-state index in [1.54, 1.807) is 21.8 Å².